The molecule has 1 fully saturated rings. The molecule has 21 heavy (non-hydrogen) atoms. The van der Waals surface area contributed by atoms with Crippen molar-refractivity contribution in [3.63, 3.8) is 0 Å². The number of hydrogen-bond acceptors (Lipinski definition) is 3. The number of ether oxygens (including phenoxy) is 1. The number of hydrogen-bond donors (Lipinski definition) is 0. The summed E-state index contributed by atoms with van der Waals surface area (Å²) in [6, 6.07) is 10.7. The van der Waals surface area contributed by atoms with E-state index >= 15 is 0 Å². The molecule has 1 aromatic carbocycles. The van der Waals surface area contributed by atoms with Crippen molar-refractivity contribution in [3.05, 3.63) is 29.8 Å². The Morgan fingerprint density at radius 2 is 1.81 bits per heavy atom. The van der Waals surface area contributed by atoms with Crippen LogP contribution in [0.3, 0.4) is 0 Å². The minimum Gasteiger partial charge on any atom is -0.492 e. The van der Waals surface area contributed by atoms with Gasteiger partial charge in [0.2, 0.25) is 0 Å². The van der Waals surface area contributed by atoms with E-state index in [4.69, 9.17) is 10.00 Å². The van der Waals surface area contributed by atoms with Crippen LogP contribution in [0.25, 0.3) is 0 Å². The molecule has 1 saturated carbocycles. The van der Waals surface area contributed by atoms with Crippen LogP contribution >= 0.6 is 0 Å². The first kappa shape index (κ1) is 15.9. The van der Waals surface area contributed by atoms with E-state index in [-0.39, 0.29) is 0 Å². The lowest BCUT2D eigenvalue weighted by Gasteiger charge is -2.26. The molecule has 0 saturated heterocycles. The standard InChI is InChI=1S/C18H26N2O/c1-20(17-6-4-2-3-5-7-17)14-15-21-18-10-8-16(9-11-18)12-13-19/h8-11,17H,2-7,12,14-15H2,1H3. The van der Waals surface area contributed by atoms with Crippen LogP contribution in [-0.4, -0.2) is 31.1 Å². The highest BCUT2D eigenvalue weighted by molar-refractivity contribution is 5.28. The molecule has 0 N–H and O–H groups in total. The van der Waals surface area contributed by atoms with E-state index in [1.54, 1.807) is 0 Å². The Hall–Kier alpha value is -1.53. The third-order valence-corrected chi connectivity index (χ3v) is 4.37. The highest BCUT2D eigenvalue weighted by atomic mass is 16.5. The van der Waals surface area contributed by atoms with E-state index < -0.39 is 0 Å². The van der Waals surface area contributed by atoms with Gasteiger partial charge in [-0.15, -0.1) is 0 Å². The van der Waals surface area contributed by atoms with E-state index in [2.05, 4.69) is 18.0 Å². The molecule has 0 spiro atoms. The second kappa shape index (κ2) is 8.69. The highest BCUT2D eigenvalue weighted by Gasteiger charge is 2.16. The van der Waals surface area contributed by atoms with Crippen molar-refractivity contribution >= 4 is 0 Å². The van der Waals surface area contributed by atoms with Gasteiger partial charge in [0.1, 0.15) is 12.4 Å². The minimum atomic E-state index is 0.463. The average Bonchev–Trinajstić information content (AvgIpc) is 2.78. The molecule has 0 amide bonds. The Morgan fingerprint density at radius 1 is 1.14 bits per heavy atom. The molecule has 3 heteroatoms. The van der Waals surface area contributed by atoms with E-state index in [9.17, 15) is 0 Å². The van der Waals surface area contributed by atoms with Gasteiger partial charge in [-0.1, -0.05) is 37.8 Å². The average molecular weight is 286 g/mol. The molecule has 0 radical (unpaired) electrons. The summed E-state index contributed by atoms with van der Waals surface area (Å²) in [4.78, 5) is 2.45. The van der Waals surface area contributed by atoms with Crippen LogP contribution < -0.4 is 4.74 Å². The lowest BCUT2D eigenvalue weighted by atomic mass is 10.1. The van der Waals surface area contributed by atoms with E-state index in [0.29, 0.717) is 6.42 Å². The largest absolute Gasteiger partial charge is 0.492 e. The molecule has 1 aromatic rings. The predicted octanol–water partition coefficient (Wildman–Crippen LogP) is 3.79. The monoisotopic (exact) mass is 286 g/mol. The summed E-state index contributed by atoms with van der Waals surface area (Å²) < 4.78 is 5.81. The van der Waals surface area contributed by atoms with Crippen LogP contribution in [0.1, 0.15) is 44.1 Å². The zero-order chi connectivity index (χ0) is 14.9. The van der Waals surface area contributed by atoms with Gasteiger partial charge in [0.25, 0.3) is 0 Å². The Bertz CT molecular complexity index is 441. The van der Waals surface area contributed by atoms with Crippen molar-refractivity contribution in [3.8, 4) is 11.8 Å². The van der Waals surface area contributed by atoms with Gasteiger partial charge in [-0.2, -0.15) is 5.26 Å². The van der Waals surface area contributed by atoms with Crippen molar-refractivity contribution in [1.29, 1.82) is 5.26 Å². The molecule has 0 aliphatic heterocycles. The number of likely N-dealkylation sites (N-methyl/N-ethyl adjacent to an activating group) is 1. The van der Waals surface area contributed by atoms with Crippen LogP contribution in [0.15, 0.2) is 24.3 Å². The maximum atomic E-state index is 8.65. The first-order valence-corrected chi connectivity index (χ1v) is 8.08. The van der Waals surface area contributed by atoms with E-state index in [1.807, 2.05) is 24.3 Å². The van der Waals surface area contributed by atoms with Gasteiger partial charge in [0.15, 0.2) is 0 Å². The van der Waals surface area contributed by atoms with Gasteiger partial charge in [0, 0.05) is 12.6 Å². The summed E-state index contributed by atoms with van der Waals surface area (Å²) in [7, 11) is 2.22. The SMILES string of the molecule is CN(CCOc1ccc(CC#N)cc1)C1CCCCCC1. The van der Waals surface area contributed by atoms with Gasteiger partial charge in [-0.05, 0) is 37.6 Å². The molecule has 114 valence electrons. The van der Waals surface area contributed by atoms with Crippen molar-refractivity contribution in [2.24, 2.45) is 0 Å². The van der Waals surface area contributed by atoms with Crippen molar-refractivity contribution in [2.75, 3.05) is 20.2 Å². The van der Waals surface area contributed by atoms with Gasteiger partial charge in [-0.3, -0.25) is 0 Å². The van der Waals surface area contributed by atoms with Crippen LogP contribution in [0, 0.1) is 11.3 Å². The van der Waals surface area contributed by atoms with Crippen LogP contribution in [0.5, 0.6) is 5.75 Å². The molecule has 0 aromatic heterocycles. The van der Waals surface area contributed by atoms with Crippen LogP contribution in [0.4, 0.5) is 0 Å². The number of nitrogens with zero attached hydrogens (tertiary/aromatic N) is 2. The third kappa shape index (κ3) is 5.40. The maximum Gasteiger partial charge on any atom is 0.119 e. The lowest BCUT2D eigenvalue weighted by Crippen LogP contribution is -2.34. The van der Waals surface area contributed by atoms with Crippen molar-refractivity contribution in [2.45, 2.75) is 51.0 Å². The molecule has 2 rings (SSSR count). The lowest BCUT2D eigenvalue weighted by molar-refractivity contribution is 0.178. The molecule has 1 aliphatic rings. The topological polar surface area (TPSA) is 36.3 Å². The molecule has 1 aliphatic carbocycles. The Labute approximate surface area is 128 Å². The molecular weight excluding hydrogens is 260 g/mol. The van der Waals surface area contributed by atoms with Gasteiger partial charge in [-0.25, -0.2) is 0 Å². The highest BCUT2D eigenvalue weighted by Crippen LogP contribution is 2.21. The quantitative estimate of drug-likeness (QED) is 0.747. The number of nitriles is 1. The summed E-state index contributed by atoms with van der Waals surface area (Å²) in [5.74, 6) is 0.894. The van der Waals surface area contributed by atoms with Gasteiger partial charge in [0.05, 0.1) is 12.5 Å². The molecule has 0 bridgehead atoms. The maximum absolute atomic E-state index is 8.65. The Kier molecular flexibility index (Phi) is 6.56. The molecule has 0 unspecified atom stereocenters. The van der Waals surface area contributed by atoms with Crippen LogP contribution in [0.2, 0.25) is 0 Å². The fourth-order valence-corrected chi connectivity index (χ4v) is 2.98. The van der Waals surface area contributed by atoms with E-state index in [1.165, 1.54) is 38.5 Å². The second-order valence-electron chi connectivity index (χ2n) is 5.95. The first-order chi connectivity index (χ1) is 10.3. The number of rotatable bonds is 6. The van der Waals surface area contributed by atoms with Gasteiger partial charge < -0.3 is 9.64 Å². The Morgan fingerprint density at radius 3 is 2.43 bits per heavy atom. The first-order valence-electron chi connectivity index (χ1n) is 8.08. The normalized spacial score (nSPS) is 16.4. The van der Waals surface area contributed by atoms with Crippen molar-refractivity contribution in [1.82, 2.24) is 4.90 Å². The smallest absolute Gasteiger partial charge is 0.119 e. The second-order valence-corrected chi connectivity index (χ2v) is 5.95. The molecular formula is C18H26N2O. The summed E-state index contributed by atoms with van der Waals surface area (Å²) in [6.07, 6.45) is 8.67. The van der Waals surface area contributed by atoms with Gasteiger partial charge >= 0.3 is 0 Å². The summed E-state index contributed by atoms with van der Waals surface area (Å²) in [6.45, 7) is 1.70. The van der Waals surface area contributed by atoms with Crippen molar-refractivity contribution < 1.29 is 4.74 Å². The fourth-order valence-electron chi connectivity index (χ4n) is 2.98. The minimum absolute atomic E-state index is 0.463. The third-order valence-electron chi connectivity index (χ3n) is 4.37. The van der Waals surface area contributed by atoms with E-state index in [0.717, 1.165) is 30.5 Å². The predicted molar refractivity (Wildman–Crippen MR) is 85.4 cm³/mol. The zero-order valence-corrected chi connectivity index (χ0v) is 13.1. The summed E-state index contributed by atoms with van der Waals surface area (Å²) in [5.41, 5.74) is 1.04. The zero-order valence-electron chi connectivity index (χ0n) is 13.1. The molecule has 0 atom stereocenters. The summed E-state index contributed by atoms with van der Waals surface area (Å²) in [5, 5.41) is 8.65. The number of benzene rings is 1. The Balaban J connectivity index is 1.71. The summed E-state index contributed by atoms with van der Waals surface area (Å²) >= 11 is 0. The van der Waals surface area contributed by atoms with Crippen LogP contribution in [-0.2, 0) is 6.42 Å². The fraction of sp³-hybridized carbons (Fsp3) is 0.611. The molecule has 3 nitrogen and oxygen atoms in total. The molecule has 0 heterocycles.